The highest BCUT2D eigenvalue weighted by Crippen LogP contribution is 1.73. The lowest BCUT2D eigenvalue weighted by Crippen LogP contribution is -2.27. The first-order valence-electron chi connectivity index (χ1n) is 2.70. The lowest BCUT2D eigenvalue weighted by atomic mass is 10.8. The normalized spacial score (nSPS) is 16.6. The minimum atomic E-state index is -3.08. The molecule has 0 bridgehead atoms. The van der Waals surface area contributed by atoms with Gasteiger partial charge in [0, 0.05) is 6.26 Å². The average Bonchev–Trinajstić information content (AvgIpc) is 1.12. The SMILES string of the molecule is CS(=O)([O-])=S.C[N+](C)(C)C. The predicted octanol–water partition coefficient (Wildman–Crippen LogP) is -0.185. The van der Waals surface area contributed by atoms with Crippen molar-refractivity contribution in [2.45, 2.75) is 0 Å². The quantitative estimate of drug-likeness (QED) is 0.491. The Morgan fingerprint density at radius 3 is 1.30 bits per heavy atom. The maximum Gasteiger partial charge on any atom is 0.0675 e. The number of quaternary nitrogens is 1. The molecule has 0 rings (SSSR count). The lowest BCUT2D eigenvalue weighted by Gasteiger charge is -2.14. The summed E-state index contributed by atoms with van der Waals surface area (Å²) in [4.78, 5) is 0. The third-order valence-electron chi connectivity index (χ3n) is 0. The fourth-order valence-electron chi connectivity index (χ4n) is 0. The van der Waals surface area contributed by atoms with Crippen LogP contribution in [0.2, 0.25) is 0 Å². The van der Waals surface area contributed by atoms with E-state index in [2.05, 4.69) is 39.4 Å². The molecule has 0 aliphatic rings. The molecule has 0 aliphatic heterocycles. The molecule has 3 nitrogen and oxygen atoms in total. The Morgan fingerprint density at radius 1 is 1.30 bits per heavy atom. The van der Waals surface area contributed by atoms with Gasteiger partial charge < -0.3 is 9.04 Å². The molecular formula is C5H15NO2S2. The molecule has 1 unspecified atom stereocenters. The average molecular weight is 185 g/mol. The second-order valence-electron chi connectivity index (χ2n) is 3.39. The van der Waals surface area contributed by atoms with E-state index in [1.165, 1.54) is 0 Å². The van der Waals surface area contributed by atoms with Crippen LogP contribution in [-0.2, 0) is 20.0 Å². The third kappa shape index (κ3) is 5240. The van der Waals surface area contributed by atoms with Gasteiger partial charge in [0.2, 0.25) is 0 Å². The molecule has 0 spiro atoms. The van der Waals surface area contributed by atoms with Crippen molar-refractivity contribution in [3.8, 4) is 0 Å². The van der Waals surface area contributed by atoms with E-state index in [9.17, 15) is 8.76 Å². The van der Waals surface area contributed by atoms with Gasteiger partial charge in [-0.05, 0) is 20.0 Å². The van der Waals surface area contributed by atoms with E-state index in [-0.39, 0.29) is 0 Å². The summed E-state index contributed by atoms with van der Waals surface area (Å²) in [7, 11) is 5.42. The Labute approximate surface area is 68.1 Å². The summed E-state index contributed by atoms with van der Waals surface area (Å²) in [6, 6.07) is 0. The second kappa shape index (κ2) is 4.23. The van der Waals surface area contributed by atoms with Crippen LogP contribution < -0.4 is 0 Å². The van der Waals surface area contributed by atoms with Crippen molar-refractivity contribution in [3.63, 3.8) is 0 Å². The predicted molar refractivity (Wildman–Crippen MR) is 46.2 cm³/mol. The molecule has 64 valence electrons. The van der Waals surface area contributed by atoms with E-state index in [0.29, 0.717) is 0 Å². The van der Waals surface area contributed by atoms with Crippen molar-refractivity contribution < 1.29 is 13.2 Å². The van der Waals surface area contributed by atoms with E-state index >= 15 is 0 Å². The molecule has 0 N–H and O–H groups in total. The molecule has 5 heteroatoms. The van der Waals surface area contributed by atoms with Gasteiger partial charge in [-0.1, -0.05) is 0 Å². The molecule has 0 aromatic carbocycles. The van der Waals surface area contributed by atoms with E-state index in [1.807, 2.05) is 0 Å². The zero-order chi connectivity index (χ0) is 9.00. The molecule has 1 atom stereocenters. The standard InChI is InChI=1S/C4H12N.CH4O2S2/c2*1-5(2,3)4/h1-4H3;1H3,(H,2,3,4)/q+1;/p-1. The van der Waals surface area contributed by atoms with Crippen molar-refractivity contribution in [2.75, 3.05) is 34.4 Å². The van der Waals surface area contributed by atoms with Crippen molar-refractivity contribution >= 4 is 20.0 Å². The van der Waals surface area contributed by atoms with Gasteiger partial charge in [-0.2, -0.15) is 0 Å². The van der Waals surface area contributed by atoms with E-state index in [1.54, 1.807) is 0 Å². The fourth-order valence-corrected chi connectivity index (χ4v) is 0. The number of rotatable bonds is 0. The van der Waals surface area contributed by atoms with Crippen LogP contribution in [0, 0.1) is 0 Å². The lowest BCUT2D eigenvalue weighted by molar-refractivity contribution is -0.849. The van der Waals surface area contributed by atoms with E-state index in [0.717, 1.165) is 10.7 Å². The summed E-state index contributed by atoms with van der Waals surface area (Å²) in [6.45, 7) is 0. The van der Waals surface area contributed by atoms with Crippen LogP contribution in [0.5, 0.6) is 0 Å². The number of hydrogen-bond donors (Lipinski definition) is 0. The van der Waals surface area contributed by atoms with Crippen LogP contribution in [0.15, 0.2) is 0 Å². The Kier molecular flexibility index (Phi) is 5.46. The topological polar surface area (TPSA) is 40.1 Å². The molecule has 0 heterocycles. The minimum absolute atomic E-state index is 0.975. The van der Waals surface area contributed by atoms with Crippen molar-refractivity contribution in [2.24, 2.45) is 0 Å². The molecule has 0 aliphatic carbocycles. The van der Waals surface area contributed by atoms with Crippen LogP contribution in [0.1, 0.15) is 0 Å². The van der Waals surface area contributed by atoms with Gasteiger partial charge in [-0.15, -0.1) is 0 Å². The Bertz CT molecular complexity index is 153. The van der Waals surface area contributed by atoms with Crippen LogP contribution >= 0.6 is 0 Å². The molecule has 10 heavy (non-hydrogen) atoms. The number of hydrogen-bond acceptors (Lipinski definition) is 3. The van der Waals surface area contributed by atoms with Gasteiger partial charge in [0.1, 0.15) is 0 Å². The van der Waals surface area contributed by atoms with Crippen LogP contribution in [0.4, 0.5) is 0 Å². The minimum Gasteiger partial charge on any atom is -0.770 e. The van der Waals surface area contributed by atoms with Gasteiger partial charge in [-0.3, -0.25) is 4.21 Å². The summed E-state index contributed by atoms with van der Waals surface area (Å²) < 4.78 is 19.9. The van der Waals surface area contributed by atoms with Crippen LogP contribution in [0.25, 0.3) is 0 Å². The summed E-state index contributed by atoms with van der Waals surface area (Å²) in [6.07, 6.45) is 0.975. The highest BCUT2D eigenvalue weighted by molar-refractivity contribution is 8.29. The second-order valence-corrected chi connectivity index (χ2v) is 6.61. The van der Waals surface area contributed by atoms with Gasteiger partial charge >= 0.3 is 0 Å². The Morgan fingerprint density at radius 2 is 1.30 bits per heavy atom. The van der Waals surface area contributed by atoms with Crippen molar-refractivity contribution in [1.29, 1.82) is 0 Å². The van der Waals surface area contributed by atoms with E-state index < -0.39 is 8.77 Å². The molecule has 0 radical (unpaired) electrons. The highest BCUT2D eigenvalue weighted by atomic mass is 32.8. The van der Waals surface area contributed by atoms with Gasteiger partial charge in [0.05, 0.1) is 28.2 Å². The molecule has 0 aromatic rings. The van der Waals surface area contributed by atoms with Crippen molar-refractivity contribution in [3.05, 3.63) is 0 Å². The largest absolute Gasteiger partial charge is 0.770 e. The molecule has 0 fully saturated rings. The van der Waals surface area contributed by atoms with Crippen LogP contribution in [-0.4, -0.2) is 47.7 Å². The zero-order valence-corrected chi connectivity index (χ0v) is 8.71. The first-order valence-corrected chi connectivity index (χ1v) is 5.51. The zero-order valence-electron chi connectivity index (χ0n) is 7.08. The smallest absolute Gasteiger partial charge is 0.0675 e. The number of nitrogens with zero attached hydrogens (tertiary/aromatic N) is 1. The van der Waals surface area contributed by atoms with Gasteiger partial charge in [-0.25, -0.2) is 0 Å². The van der Waals surface area contributed by atoms with Gasteiger partial charge in [0.15, 0.2) is 0 Å². The summed E-state index contributed by atoms with van der Waals surface area (Å²) in [5.74, 6) is 0. The fraction of sp³-hybridized carbons (Fsp3) is 1.00. The monoisotopic (exact) mass is 185 g/mol. The summed E-state index contributed by atoms with van der Waals surface area (Å²) in [5.41, 5.74) is 0. The summed E-state index contributed by atoms with van der Waals surface area (Å²) in [5, 5.41) is 0. The first-order chi connectivity index (χ1) is 4.00. The molecule has 0 aromatic heterocycles. The van der Waals surface area contributed by atoms with E-state index in [4.69, 9.17) is 0 Å². The van der Waals surface area contributed by atoms with Crippen molar-refractivity contribution in [1.82, 2.24) is 0 Å². The van der Waals surface area contributed by atoms with Gasteiger partial charge in [0.25, 0.3) is 0 Å². The molecule has 0 amide bonds. The van der Waals surface area contributed by atoms with Crippen LogP contribution in [0.3, 0.4) is 0 Å². The first kappa shape index (κ1) is 12.9. The maximum atomic E-state index is 9.45. The Balaban J connectivity index is 0. The highest BCUT2D eigenvalue weighted by Gasteiger charge is 1.88. The maximum absolute atomic E-state index is 9.45. The molecule has 0 saturated heterocycles. The summed E-state index contributed by atoms with van der Waals surface area (Å²) >= 11 is 3.80. The molecular weight excluding hydrogens is 170 g/mol. The molecule has 0 saturated carbocycles. The Hall–Kier alpha value is 0.290. The third-order valence-corrected chi connectivity index (χ3v) is 0.